The van der Waals surface area contributed by atoms with E-state index in [1.54, 1.807) is 6.07 Å². The summed E-state index contributed by atoms with van der Waals surface area (Å²) in [5, 5.41) is 7.55. The third kappa shape index (κ3) is 4.35. The lowest BCUT2D eigenvalue weighted by Crippen LogP contribution is -2.24. The Kier molecular flexibility index (Phi) is 5.24. The highest BCUT2D eigenvalue weighted by molar-refractivity contribution is 6.09. The van der Waals surface area contributed by atoms with Gasteiger partial charge in [-0.2, -0.15) is 0 Å². The Morgan fingerprint density at radius 1 is 1.10 bits per heavy atom. The predicted molar refractivity (Wildman–Crippen MR) is 125 cm³/mol. The van der Waals surface area contributed by atoms with Crippen LogP contribution in [-0.4, -0.2) is 30.0 Å². The van der Waals surface area contributed by atoms with Gasteiger partial charge in [0, 0.05) is 54.0 Å². The molecular weight excluding hydrogens is 388 g/mol. The minimum Gasteiger partial charge on any atom is -0.371 e. The van der Waals surface area contributed by atoms with E-state index >= 15 is 0 Å². The second kappa shape index (κ2) is 8.19. The van der Waals surface area contributed by atoms with Crippen LogP contribution in [0.2, 0.25) is 0 Å². The van der Waals surface area contributed by atoms with Gasteiger partial charge < -0.3 is 20.5 Å². The normalized spacial score (nSPS) is 16.1. The number of rotatable bonds is 6. The summed E-state index contributed by atoms with van der Waals surface area (Å²) in [6.45, 7) is 4.67. The highest BCUT2D eigenvalue weighted by Gasteiger charge is 2.22. The molecule has 0 radical (unpaired) electrons. The van der Waals surface area contributed by atoms with Crippen LogP contribution in [0.25, 0.3) is 10.9 Å². The Labute approximate surface area is 181 Å². The van der Waals surface area contributed by atoms with Crippen molar-refractivity contribution in [3.8, 4) is 0 Å². The third-order valence-corrected chi connectivity index (χ3v) is 6.23. The zero-order valence-corrected chi connectivity index (χ0v) is 17.8. The van der Waals surface area contributed by atoms with Crippen LogP contribution in [-0.2, 0) is 6.54 Å². The number of hydrogen-bond acceptors (Lipinski definition) is 4. The van der Waals surface area contributed by atoms with Crippen LogP contribution in [0, 0.1) is 6.92 Å². The molecular formula is C25H28N4O2. The van der Waals surface area contributed by atoms with E-state index in [2.05, 4.69) is 32.7 Å². The summed E-state index contributed by atoms with van der Waals surface area (Å²) in [4.78, 5) is 30.2. The van der Waals surface area contributed by atoms with E-state index < -0.39 is 0 Å². The molecule has 1 saturated carbocycles. The second-order valence-corrected chi connectivity index (χ2v) is 8.73. The molecule has 2 aliphatic rings. The number of nitrogens with one attached hydrogen (secondary N) is 3. The Bertz CT molecular complexity index is 1190. The number of pyridine rings is 1. The topological polar surface area (TPSA) is 77.2 Å². The van der Waals surface area contributed by atoms with Crippen molar-refractivity contribution in [3.63, 3.8) is 0 Å². The van der Waals surface area contributed by atoms with Crippen molar-refractivity contribution in [2.24, 2.45) is 0 Å². The second-order valence-electron chi connectivity index (χ2n) is 8.73. The molecule has 1 saturated heterocycles. The molecule has 1 amide bonds. The van der Waals surface area contributed by atoms with Gasteiger partial charge in [-0.05, 0) is 74.1 Å². The van der Waals surface area contributed by atoms with Crippen LogP contribution in [0.1, 0.15) is 47.2 Å². The van der Waals surface area contributed by atoms with Crippen LogP contribution < -0.4 is 21.1 Å². The molecule has 2 heterocycles. The number of H-pyrrole nitrogens is 1. The van der Waals surface area contributed by atoms with Gasteiger partial charge in [-0.1, -0.05) is 6.07 Å². The fourth-order valence-electron chi connectivity index (χ4n) is 4.36. The molecule has 3 N–H and O–H groups in total. The van der Waals surface area contributed by atoms with Gasteiger partial charge in [-0.25, -0.2) is 0 Å². The maximum atomic E-state index is 13.4. The number of carbonyl (C=O) groups is 1. The minimum absolute atomic E-state index is 0.100. The summed E-state index contributed by atoms with van der Waals surface area (Å²) in [7, 11) is 0. The van der Waals surface area contributed by atoms with Gasteiger partial charge in [0.2, 0.25) is 5.56 Å². The van der Waals surface area contributed by atoms with E-state index in [0.717, 1.165) is 71.4 Å². The number of carbonyl (C=O) groups excluding carboxylic acids is 1. The first kappa shape index (κ1) is 19.8. The number of amides is 1. The van der Waals surface area contributed by atoms with E-state index in [1.807, 2.05) is 31.2 Å². The molecule has 3 aromatic rings. The number of aromatic nitrogens is 1. The number of aromatic amines is 1. The number of fused-ring (bicyclic) bond motifs is 1. The summed E-state index contributed by atoms with van der Waals surface area (Å²) in [5.41, 5.74) is 5.12. The molecule has 0 atom stereocenters. The van der Waals surface area contributed by atoms with Crippen molar-refractivity contribution < 1.29 is 4.79 Å². The summed E-state index contributed by atoms with van der Waals surface area (Å²) >= 11 is 0. The summed E-state index contributed by atoms with van der Waals surface area (Å²) in [5.74, 6) is -0.100. The Morgan fingerprint density at radius 3 is 2.68 bits per heavy atom. The highest BCUT2D eigenvalue weighted by Crippen LogP contribution is 2.28. The number of benzene rings is 2. The molecule has 2 fully saturated rings. The maximum Gasteiger partial charge on any atom is 0.257 e. The number of nitrogens with zero attached hydrogens (tertiary/aromatic N) is 1. The van der Waals surface area contributed by atoms with Gasteiger partial charge in [-0.3, -0.25) is 9.59 Å². The van der Waals surface area contributed by atoms with E-state index in [4.69, 9.17) is 0 Å². The van der Waals surface area contributed by atoms with Crippen molar-refractivity contribution >= 4 is 28.2 Å². The van der Waals surface area contributed by atoms with Gasteiger partial charge in [-0.15, -0.1) is 0 Å². The molecule has 1 aliphatic carbocycles. The summed E-state index contributed by atoms with van der Waals surface area (Å²) in [6.07, 6.45) is 4.81. The van der Waals surface area contributed by atoms with E-state index in [-0.39, 0.29) is 11.5 Å². The lowest BCUT2D eigenvalue weighted by molar-refractivity contribution is 0.102. The number of hydrogen-bond donors (Lipinski definition) is 3. The standard InChI is InChI=1S/C25H28N4O2/c1-16-12-24(30)28-22-8-7-19(14-20(16)22)27-25(31)21-13-17(15-26-18-5-6-18)4-9-23(21)29-10-2-3-11-29/h4,7-9,12-14,18,26H,2-3,5-6,10-11,15H2,1H3,(H,27,31)(H,28,30). The molecule has 0 bridgehead atoms. The zero-order valence-electron chi connectivity index (χ0n) is 17.8. The van der Waals surface area contributed by atoms with Gasteiger partial charge in [0.1, 0.15) is 0 Å². The molecule has 6 heteroatoms. The minimum atomic E-state index is -0.117. The quantitative estimate of drug-likeness (QED) is 0.569. The highest BCUT2D eigenvalue weighted by atomic mass is 16.1. The lowest BCUT2D eigenvalue weighted by atomic mass is 10.1. The monoisotopic (exact) mass is 416 g/mol. The van der Waals surface area contributed by atoms with Crippen LogP contribution in [0.5, 0.6) is 0 Å². The zero-order chi connectivity index (χ0) is 21.4. The number of anilines is 2. The molecule has 160 valence electrons. The van der Waals surface area contributed by atoms with Crippen LogP contribution in [0.15, 0.2) is 47.3 Å². The molecule has 31 heavy (non-hydrogen) atoms. The first-order chi connectivity index (χ1) is 15.1. The molecule has 0 spiro atoms. The molecule has 1 aromatic heterocycles. The lowest BCUT2D eigenvalue weighted by Gasteiger charge is -2.22. The van der Waals surface area contributed by atoms with Gasteiger partial charge in [0.05, 0.1) is 5.56 Å². The fourth-order valence-corrected chi connectivity index (χ4v) is 4.36. The van der Waals surface area contributed by atoms with Gasteiger partial charge in [0.25, 0.3) is 5.91 Å². The van der Waals surface area contributed by atoms with Crippen molar-refractivity contribution in [2.75, 3.05) is 23.3 Å². The Morgan fingerprint density at radius 2 is 1.90 bits per heavy atom. The SMILES string of the molecule is Cc1cc(=O)[nH]c2ccc(NC(=O)c3cc(CNC4CC4)ccc3N3CCCC3)cc12. The average Bonchev–Trinajstić information content (AvgIpc) is 3.43. The van der Waals surface area contributed by atoms with Crippen LogP contribution in [0.3, 0.4) is 0 Å². The smallest absolute Gasteiger partial charge is 0.257 e. The summed E-state index contributed by atoms with van der Waals surface area (Å²) < 4.78 is 0. The molecule has 6 nitrogen and oxygen atoms in total. The molecule has 2 aromatic carbocycles. The van der Waals surface area contributed by atoms with E-state index in [9.17, 15) is 9.59 Å². The van der Waals surface area contributed by atoms with Gasteiger partial charge in [0.15, 0.2) is 0 Å². The van der Waals surface area contributed by atoms with Crippen molar-refractivity contribution in [1.82, 2.24) is 10.3 Å². The predicted octanol–water partition coefficient (Wildman–Crippen LogP) is 3.94. The first-order valence-electron chi connectivity index (χ1n) is 11.1. The first-order valence-corrected chi connectivity index (χ1v) is 11.1. The molecule has 5 rings (SSSR count). The van der Waals surface area contributed by atoms with Crippen molar-refractivity contribution in [2.45, 2.75) is 45.2 Å². The Hall–Kier alpha value is -3.12. The third-order valence-electron chi connectivity index (χ3n) is 6.23. The number of aryl methyl sites for hydroxylation is 1. The van der Waals surface area contributed by atoms with Crippen molar-refractivity contribution in [3.05, 3.63) is 69.5 Å². The largest absolute Gasteiger partial charge is 0.371 e. The van der Waals surface area contributed by atoms with Crippen LogP contribution in [0.4, 0.5) is 11.4 Å². The van der Waals surface area contributed by atoms with Gasteiger partial charge >= 0.3 is 0 Å². The maximum absolute atomic E-state index is 13.4. The van der Waals surface area contributed by atoms with Crippen molar-refractivity contribution in [1.29, 1.82) is 0 Å². The van der Waals surface area contributed by atoms with E-state index in [1.165, 1.54) is 12.8 Å². The molecule has 0 unspecified atom stereocenters. The van der Waals surface area contributed by atoms with Crippen LogP contribution >= 0.6 is 0 Å². The fraction of sp³-hybridized carbons (Fsp3) is 0.360. The molecule has 1 aliphatic heterocycles. The summed E-state index contributed by atoms with van der Waals surface area (Å²) in [6, 6.07) is 14.1. The van der Waals surface area contributed by atoms with E-state index in [0.29, 0.717) is 6.04 Å². The average molecular weight is 417 g/mol. The Balaban J connectivity index is 1.44.